The highest BCUT2D eigenvalue weighted by Gasteiger charge is 2.06. The third-order valence-electron chi connectivity index (χ3n) is 1.97. The van der Waals surface area contributed by atoms with Crippen LogP contribution in [-0.2, 0) is 0 Å². The zero-order valence-corrected chi connectivity index (χ0v) is 9.25. The number of aliphatic hydroxyl groups is 1. The van der Waals surface area contributed by atoms with Crippen LogP contribution in [0.4, 0.5) is 0 Å². The quantitative estimate of drug-likeness (QED) is 0.805. The summed E-state index contributed by atoms with van der Waals surface area (Å²) in [6.07, 6.45) is -0.463. The second kappa shape index (κ2) is 5.35. The van der Waals surface area contributed by atoms with Crippen LogP contribution in [0.2, 0.25) is 5.02 Å². The highest BCUT2D eigenvalue weighted by atomic mass is 35.5. The summed E-state index contributed by atoms with van der Waals surface area (Å²) >= 11 is 5.75. The predicted molar refractivity (Wildman–Crippen MR) is 59.6 cm³/mol. The van der Waals surface area contributed by atoms with Crippen molar-refractivity contribution in [2.45, 2.75) is 26.0 Å². The highest BCUT2D eigenvalue weighted by Crippen LogP contribution is 2.15. The first-order valence-electron chi connectivity index (χ1n) is 4.76. The molecule has 1 rings (SSSR count). The standard InChI is InChI=1S/C11H16ClNO/c1-8(2)13-7-11(14)9-3-5-10(12)6-4-9/h3-6,8,11,13-14H,7H2,1-2H3/t11-/m0/s1. The summed E-state index contributed by atoms with van der Waals surface area (Å²) in [6.45, 7) is 4.67. The van der Waals surface area contributed by atoms with Crippen molar-refractivity contribution in [2.24, 2.45) is 0 Å². The lowest BCUT2D eigenvalue weighted by Crippen LogP contribution is -2.27. The van der Waals surface area contributed by atoms with Crippen molar-refractivity contribution in [2.75, 3.05) is 6.54 Å². The molecule has 0 spiro atoms. The summed E-state index contributed by atoms with van der Waals surface area (Å²) in [5.74, 6) is 0. The summed E-state index contributed by atoms with van der Waals surface area (Å²) in [7, 11) is 0. The third kappa shape index (κ3) is 3.66. The van der Waals surface area contributed by atoms with Crippen LogP contribution >= 0.6 is 11.6 Å². The first kappa shape index (κ1) is 11.5. The molecule has 0 saturated heterocycles. The molecular weight excluding hydrogens is 198 g/mol. The van der Waals surface area contributed by atoms with Gasteiger partial charge in [-0.15, -0.1) is 0 Å². The molecule has 0 unspecified atom stereocenters. The third-order valence-corrected chi connectivity index (χ3v) is 2.23. The van der Waals surface area contributed by atoms with E-state index in [4.69, 9.17) is 11.6 Å². The van der Waals surface area contributed by atoms with Crippen molar-refractivity contribution in [3.63, 3.8) is 0 Å². The van der Waals surface area contributed by atoms with E-state index < -0.39 is 6.10 Å². The molecule has 0 saturated carbocycles. The molecule has 0 amide bonds. The average molecular weight is 214 g/mol. The van der Waals surface area contributed by atoms with Crippen molar-refractivity contribution in [3.05, 3.63) is 34.9 Å². The van der Waals surface area contributed by atoms with Gasteiger partial charge in [0, 0.05) is 17.6 Å². The Morgan fingerprint density at radius 2 is 1.86 bits per heavy atom. The van der Waals surface area contributed by atoms with Crippen LogP contribution in [0.1, 0.15) is 25.5 Å². The van der Waals surface area contributed by atoms with Crippen LogP contribution in [-0.4, -0.2) is 17.7 Å². The Balaban J connectivity index is 2.52. The summed E-state index contributed by atoms with van der Waals surface area (Å²) in [5, 5.41) is 13.6. The molecule has 1 atom stereocenters. The van der Waals surface area contributed by atoms with Crippen LogP contribution < -0.4 is 5.32 Å². The van der Waals surface area contributed by atoms with Gasteiger partial charge in [-0.2, -0.15) is 0 Å². The Hall–Kier alpha value is -0.570. The van der Waals surface area contributed by atoms with E-state index in [2.05, 4.69) is 19.2 Å². The molecule has 0 aromatic heterocycles. The minimum atomic E-state index is -0.463. The minimum Gasteiger partial charge on any atom is -0.387 e. The van der Waals surface area contributed by atoms with Gasteiger partial charge in [0.25, 0.3) is 0 Å². The summed E-state index contributed by atoms with van der Waals surface area (Å²) in [4.78, 5) is 0. The highest BCUT2D eigenvalue weighted by molar-refractivity contribution is 6.30. The maximum atomic E-state index is 9.75. The summed E-state index contributed by atoms with van der Waals surface area (Å²) in [6, 6.07) is 7.64. The Morgan fingerprint density at radius 3 is 2.36 bits per heavy atom. The number of aliphatic hydroxyl groups excluding tert-OH is 1. The fourth-order valence-corrected chi connectivity index (χ4v) is 1.28. The number of benzene rings is 1. The maximum absolute atomic E-state index is 9.75. The molecule has 1 aromatic carbocycles. The minimum absolute atomic E-state index is 0.386. The first-order valence-corrected chi connectivity index (χ1v) is 5.14. The fraction of sp³-hybridized carbons (Fsp3) is 0.455. The van der Waals surface area contributed by atoms with Gasteiger partial charge in [-0.05, 0) is 17.7 Å². The predicted octanol–water partition coefficient (Wildman–Crippen LogP) is 2.37. The van der Waals surface area contributed by atoms with Crippen molar-refractivity contribution in [1.29, 1.82) is 0 Å². The normalized spacial score (nSPS) is 13.2. The average Bonchev–Trinajstić information content (AvgIpc) is 2.15. The summed E-state index contributed by atoms with van der Waals surface area (Å²) < 4.78 is 0. The van der Waals surface area contributed by atoms with Crippen LogP contribution in [0.5, 0.6) is 0 Å². The molecule has 0 fully saturated rings. The van der Waals surface area contributed by atoms with E-state index in [0.29, 0.717) is 17.6 Å². The maximum Gasteiger partial charge on any atom is 0.0914 e. The fourth-order valence-electron chi connectivity index (χ4n) is 1.15. The molecule has 3 heteroatoms. The van der Waals surface area contributed by atoms with E-state index in [0.717, 1.165) is 5.56 Å². The van der Waals surface area contributed by atoms with Gasteiger partial charge in [-0.1, -0.05) is 37.6 Å². The monoisotopic (exact) mass is 213 g/mol. The topological polar surface area (TPSA) is 32.3 Å². The Bertz CT molecular complexity index is 271. The summed E-state index contributed by atoms with van der Waals surface area (Å²) in [5.41, 5.74) is 0.891. The van der Waals surface area contributed by atoms with E-state index in [9.17, 15) is 5.11 Å². The Labute approximate surface area is 89.9 Å². The van der Waals surface area contributed by atoms with Crippen LogP contribution in [0.15, 0.2) is 24.3 Å². The van der Waals surface area contributed by atoms with E-state index in [1.807, 2.05) is 12.1 Å². The van der Waals surface area contributed by atoms with E-state index in [1.54, 1.807) is 12.1 Å². The van der Waals surface area contributed by atoms with Gasteiger partial charge in [0.1, 0.15) is 0 Å². The zero-order valence-electron chi connectivity index (χ0n) is 8.50. The van der Waals surface area contributed by atoms with Gasteiger partial charge in [-0.25, -0.2) is 0 Å². The van der Waals surface area contributed by atoms with E-state index in [1.165, 1.54) is 0 Å². The molecular formula is C11H16ClNO. The van der Waals surface area contributed by atoms with E-state index >= 15 is 0 Å². The molecule has 14 heavy (non-hydrogen) atoms. The van der Waals surface area contributed by atoms with Crippen LogP contribution in [0.25, 0.3) is 0 Å². The van der Waals surface area contributed by atoms with Crippen molar-refractivity contribution < 1.29 is 5.11 Å². The molecule has 0 aliphatic rings. The Morgan fingerprint density at radius 1 is 1.29 bits per heavy atom. The van der Waals surface area contributed by atoms with Crippen LogP contribution in [0.3, 0.4) is 0 Å². The number of halogens is 1. The molecule has 0 aliphatic heterocycles. The molecule has 1 aromatic rings. The number of hydrogen-bond donors (Lipinski definition) is 2. The Kier molecular flexibility index (Phi) is 4.39. The molecule has 78 valence electrons. The second-order valence-electron chi connectivity index (χ2n) is 3.63. The zero-order chi connectivity index (χ0) is 10.6. The van der Waals surface area contributed by atoms with Crippen molar-refractivity contribution >= 4 is 11.6 Å². The molecule has 0 radical (unpaired) electrons. The molecule has 0 heterocycles. The van der Waals surface area contributed by atoms with Gasteiger partial charge in [-0.3, -0.25) is 0 Å². The molecule has 0 bridgehead atoms. The lowest BCUT2D eigenvalue weighted by Gasteiger charge is -2.14. The molecule has 0 aliphatic carbocycles. The lowest BCUT2D eigenvalue weighted by molar-refractivity contribution is 0.171. The van der Waals surface area contributed by atoms with Gasteiger partial charge in [0.15, 0.2) is 0 Å². The van der Waals surface area contributed by atoms with E-state index in [-0.39, 0.29) is 0 Å². The molecule has 2 nitrogen and oxygen atoms in total. The van der Waals surface area contributed by atoms with Gasteiger partial charge in [0.05, 0.1) is 6.10 Å². The number of hydrogen-bond acceptors (Lipinski definition) is 2. The second-order valence-corrected chi connectivity index (χ2v) is 4.07. The van der Waals surface area contributed by atoms with Gasteiger partial charge < -0.3 is 10.4 Å². The SMILES string of the molecule is CC(C)NC[C@H](O)c1ccc(Cl)cc1. The lowest BCUT2D eigenvalue weighted by atomic mass is 10.1. The smallest absolute Gasteiger partial charge is 0.0914 e. The number of nitrogens with one attached hydrogen (secondary N) is 1. The largest absolute Gasteiger partial charge is 0.387 e. The van der Waals surface area contributed by atoms with Gasteiger partial charge >= 0.3 is 0 Å². The number of rotatable bonds is 4. The van der Waals surface area contributed by atoms with Crippen molar-refractivity contribution in [3.8, 4) is 0 Å². The van der Waals surface area contributed by atoms with Crippen molar-refractivity contribution in [1.82, 2.24) is 5.32 Å². The van der Waals surface area contributed by atoms with Gasteiger partial charge in [0.2, 0.25) is 0 Å². The first-order chi connectivity index (χ1) is 6.59. The van der Waals surface area contributed by atoms with Crippen LogP contribution in [0, 0.1) is 0 Å². The molecule has 2 N–H and O–H groups in total.